The maximum Gasteiger partial charge on any atom is 0.0991 e. The lowest BCUT2D eigenvalue weighted by Gasteiger charge is -2.35. The lowest BCUT2D eigenvalue weighted by Crippen LogP contribution is -2.49. The largest absolute Gasteiger partial charge is 0.390 e. The number of β-amino-alcohol motifs (C(OH)–C–C–N with tert-alkyl or cyclic N) is 1. The molecule has 1 N–H and O–H groups in total. The van der Waals surface area contributed by atoms with Crippen molar-refractivity contribution in [2.45, 2.75) is 12.6 Å². The van der Waals surface area contributed by atoms with E-state index in [0.717, 1.165) is 25.2 Å². The molecule has 0 saturated carbocycles. The third-order valence-electron chi connectivity index (χ3n) is 2.40. The molecule has 0 unspecified atom stereocenters. The van der Waals surface area contributed by atoms with E-state index in [2.05, 4.69) is 11.0 Å². The quantitative estimate of drug-likeness (QED) is 0.744. The number of likely N-dealkylation sites (tertiary alicyclic amines) is 1. The lowest BCUT2D eigenvalue weighted by atomic mass is 10.1. The molecule has 1 heterocycles. The summed E-state index contributed by atoms with van der Waals surface area (Å²) < 4.78 is 0. The Labute approximate surface area is 83.2 Å². The summed E-state index contributed by atoms with van der Waals surface area (Å²) in [5, 5.41) is 17.8. The third-order valence-corrected chi connectivity index (χ3v) is 2.40. The molecule has 1 fully saturated rings. The van der Waals surface area contributed by atoms with E-state index in [4.69, 9.17) is 10.4 Å². The molecule has 0 bridgehead atoms. The number of nitriles is 1. The highest BCUT2D eigenvalue weighted by Gasteiger charge is 2.23. The van der Waals surface area contributed by atoms with E-state index in [1.54, 1.807) is 6.07 Å². The summed E-state index contributed by atoms with van der Waals surface area (Å²) >= 11 is 0. The van der Waals surface area contributed by atoms with E-state index in [1.165, 1.54) is 0 Å². The fraction of sp³-hybridized carbons (Fsp3) is 0.364. The summed E-state index contributed by atoms with van der Waals surface area (Å²) in [6, 6.07) is 9.71. The fourth-order valence-corrected chi connectivity index (χ4v) is 1.67. The van der Waals surface area contributed by atoms with Crippen LogP contribution < -0.4 is 0 Å². The minimum Gasteiger partial charge on any atom is -0.390 e. The van der Waals surface area contributed by atoms with Crippen LogP contribution in [0.1, 0.15) is 11.1 Å². The van der Waals surface area contributed by atoms with Crippen molar-refractivity contribution >= 4 is 0 Å². The molecule has 1 aliphatic rings. The van der Waals surface area contributed by atoms with Gasteiger partial charge in [-0.1, -0.05) is 12.1 Å². The van der Waals surface area contributed by atoms with E-state index >= 15 is 0 Å². The zero-order chi connectivity index (χ0) is 9.97. The van der Waals surface area contributed by atoms with Crippen LogP contribution >= 0.6 is 0 Å². The van der Waals surface area contributed by atoms with E-state index < -0.39 is 0 Å². The first-order valence-electron chi connectivity index (χ1n) is 4.67. The topological polar surface area (TPSA) is 47.3 Å². The molecule has 72 valence electrons. The van der Waals surface area contributed by atoms with Crippen LogP contribution in [0.3, 0.4) is 0 Å². The molecule has 0 spiro atoms. The van der Waals surface area contributed by atoms with Gasteiger partial charge in [-0.15, -0.1) is 0 Å². The second kappa shape index (κ2) is 3.79. The molecule has 1 saturated heterocycles. The second-order valence-corrected chi connectivity index (χ2v) is 3.66. The molecule has 1 aliphatic heterocycles. The highest BCUT2D eigenvalue weighted by atomic mass is 16.3. The van der Waals surface area contributed by atoms with Crippen LogP contribution in [-0.2, 0) is 6.54 Å². The average Bonchev–Trinajstić information content (AvgIpc) is 2.16. The van der Waals surface area contributed by atoms with Crippen molar-refractivity contribution in [1.29, 1.82) is 5.26 Å². The van der Waals surface area contributed by atoms with Crippen molar-refractivity contribution in [1.82, 2.24) is 4.90 Å². The number of hydrogen-bond donors (Lipinski definition) is 1. The maximum atomic E-state index is 9.10. The van der Waals surface area contributed by atoms with Crippen LogP contribution in [0.5, 0.6) is 0 Å². The summed E-state index contributed by atoms with van der Waals surface area (Å²) in [5.74, 6) is 0. The minimum atomic E-state index is -0.158. The average molecular weight is 188 g/mol. The van der Waals surface area contributed by atoms with Crippen LogP contribution in [-0.4, -0.2) is 29.2 Å². The zero-order valence-corrected chi connectivity index (χ0v) is 7.85. The molecule has 3 heteroatoms. The first kappa shape index (κ1) is 9.20. The number of benzene rings is 1. The molecule has 0 radical (unpaired) electrons. The molecule has 0 atom stereocenters. The highest BCUT2D eigenvalue weighted by molar-refractivity contribution is 5.32. The van der Waals surface area contributed by atoms with Gasteiger partial charge in [-0.05, 0) is 17.7 Å². The Balaban J connectivity index is 2.00. The summed E-state index contributed by atoms with van der Waals surface area (Å²) in [6.07, 6.45) is -0.158. The fourth-order valence-electron chi connectivity index (χ4n) is 1.67. The van der Waals surface area contributed by atoms with Crippen molar-refractivity contribution in [2.24, 2.45) is 0 Å². The van der Waals surface area contributed by atoms with Crippen LogP contribution in [0.25, 0.3) is 0 Å². The Kier molecular flexibility index (Phi) is 2.49. The monoisotopic (exact) mass is 188 g/mol. The van der Waals surface area contributed by atoms with Crippen molar-refractivity contribution in [3.05, 3.63) is 35.4 Å². The van der Waals surface area contributed by atoms with E-state index in [9.17, 15) is 0 Å². The normalized spacial score (nSPS) is 17.4. The SMILES string of the molecule is N#Cc1cccc(CN2CC(O)C2)c1. The molecular formula is C11H12N2O. The first-order chi connectivity index (χ1) is 6.78. The van der Waals surface area contributed by atoms with E-state index in [1.807, 2.05) is 18.2 Å². The van der Waals surface area contributed by atoms with Gasteiger partial charge >= 0.3 is 0 Å². The predicted octanol–water partition coefficient (Wildman–Crippen LogP) is 0.735. The van der Waals surface area contributed by atoms with Gasteiger partial charge in [0.2, 0.25) is 0 Å². The number of aliphatic hydroxyl groups is 1. The number of rotatable bonds is 2. The molecule has 1 aromatic carbocycles. The Morgan fingerprint density at radius 2 is 2.29 bits per heavy atom. The van der Waals surface area contributed by atoms with E-state index in [0.29, 0.717) is 5.56 Å². The molecule has 0 aliphatic carbocycles. The number of nitrogens with zero attached hydrogens (tertiary/aromatic N) is 2. The van der Waals surface area contributed by atoms with Crippen LogP contribution in [0, 0.1) is 11.3 Å². The van der Waals surface area contributed by atoms with Gasteiger partial charge in [0.05, 0.1) is 17.7 Å². The highest BCUT2D eigenvalue weighted by Crippen LogP contribution is 2.13. The molecule has 0 amide bonds. The van der Waals surface area contributed by atoms with Crippen LogP contribution in [0.15, 0.2) is 24.3 Å². The van der Waals surface area contributed by atoms with Crippen LogP contribution in [0.2, 0.25) is 0 Å². The minimum absolute atomic E-state index is 0.158. The Morgan fingerprint density at radius 1 is 1.50 bits per heavy atom. The third kappa shape index (κ3) is 1.92. The predicted molar refractivity (Wildman–Crippen MR) is 52.4 cm³/mol. The van der Waals surface area contributed by atoms with Gasteiger partial charge in [0, 0.05) is 19.6 Å². The lowest BCUT2D eigenvalue weighted by molar-refractivity contribution is -0.00286. The zero-order valence-electron chi connectivity index (χ0n) is 7.85. The summed E-state index contributed by atoms with van der Waals surface area (Å²) in [4.78, 5) is 2.15. The molecule has 1 aromatic rings. The Hall–Kier alpha value is -1.37. The van der Waals surface area contributed by atoms with Crippen LogP contribution in [0.4, 0.5) is 0 Å². The van der Waals surface area contributed by atoms with Crippen molar-refractivity contribution in [2.75, 3.05) is 13.1 Å². The van der Waals surface area contributed by atoms with Crippen molar-refractivity contribution < 1.29 is 5.11 Å². The van der Waals surface area contributed by atoms with E-state index in [-0.39, 0.29) is 6.10 Å². The number of aliphatic hydroxyl groups excluding tert-OH is 1. The van der Waals surface area contributed by atoms with Gasteiger partial charge in [-0.25, -0.2) is 0 Å². The maximum absolute atomic E-state index is 9.10. The molecule has 2 rings (SSSR count). The van der Waals surface area contributed by atoms with Gasteiger partial charge in [-0.2, -0.15) is 5.26 Å². The van der Waals surface area contributed by atoms with Crippen molar-refractivity contribution in [3.8, 4) is 6.07 Å². The van der Waals surface area contributed by atoms with Gasteiger partial charge in [0.15, 0.2) is 0 Å². The first-order valence-corrected chi connectivity index (χ1v) is 4.67. The summed E-state index contributed by atoms with van der Waals surface area (Å²) in [6.45, 7) is 2.32. The standard InChI is InChI=1S/C11H12N2O/c12-5-9-2-1-3-10(4-9)6-13-7-11(14)8-13/h1-4,11,14H,6-8H2. The number of hydrogen-bond acceptors (Lipinski definition) is 3. The van der Waals surface area contributed by atoms with Crippen molar-refractivity contribution in [3.63, 3.8) is 0 Å². The summed E-state index contributed by atoms with van der Waals surface area (Å²) in [5.41, 5.74) is 1.83. The van der Waals surface area contributed by atoms with Gasteiger partial charge in [-0.3, -0.25) is 4.90 Å². The summed E-state index contributed by atoms with van der Waals surface area (Å²) in [7, 11) is 0. The Bertz CT molecular complexity index is 364. The molecule has 14 heavy (non-hydrogen) atoms. The van der Waals surface area contributed by atoms with Gasteiger partial charge in [0.25, 0.3) is 0 Å². The second-order valence-electron chi connectivity index (χ2n) is 3.66. The Morgan fingerprint density at radius 3 is 2.93 bits per heavy atom. The smallest absolute Gasteiger partial charge is 0.0991 e. The van der Waals surface area contributed by atoms with Gasteiger partial charge in [0.1, 0.15) is 0 Å². The molecule has 0 aromatic heterocycles. The molecule has 3 nitrogen and oxygen atoms in total. The van der Waals surface area contributed by atoms with Gasteiger partial charge < -0.3 is 5.11 Å². The molecular weight excluding hydrogens is 176 g/mol.